The molecule has 10 N–H and O–H groups in total. The van der Waals surface area contributed by atoms with Crippen LogP contribution in [0.1, 0.15) is 99.3 Å². The molecule has 21 unspecified atom stereocenters. The highest BCUT2D eigenvalue weighted by Crippen LogP contribution is 2.76. The first kappa shape index (κ1) is 44.8. The van der Waals surface area contributed by atoms with Gasteiger partial charge in [0.15, 0.2) is 24.8 Å². The molecule has 0 spiro atoms. The number of hydrogen-bond donors (Lipinski definition) is 10. The molecule has 59 heavy (non-hydrogen) atoms. The Kier molecular flexibility index (Phi) is 11.3. The van der Waals surface area contributed by atoms with Crippen molar-refractivity contribution in [1.82, 2.24) is 0 Å². The summed E-state index contributed by atoms with van der Waals surface area (Å²) >= 11 is 0. The molecule has 0 aromatic carbocycles. The zero-order valence-electron chi connectivity index (χ0n) is 34.6. The molecule has 2 heterocycles. The molecule has 2 saturated heterocycles. The Labute approximate surface area is 343 Å². The van der Waals surface area contributed by atoms with Crippen molar-refractivity contribution >= 4 is 17.9 Å². The lowest BCUT2D eigenvalue weighted by Crippen LogP contribution is -2.68. The Morgan fingerprint density at radius 1 is 0.712 bits per heavy atom. The predicted octanol–water partition coefficient (Wildman–Crippen LogP) is 1.01. The predicted molar refractivity (Wildman–Crippen MR) is 202 cm³/mol. The second-order valence-corrected chi connectivity index (χ2v) is 20.6. The van der Waals surface area contributed by atoms with E-state index in [1.807, 2.05) is 6.92 Å². The molecule has 0 amide bonds. The Morgan fingerprint density at radius 3 is 1.92 bits per heavy atom. The summed E-state index contributed by atoms with van der Waals surface area (Å²) in [4.78, 5) is 36.6. The first-order valence-electron chi connectivity index (χ1n) is 21.1. The van der Waals surface area contributed by atoms with E-state index in [2.05, 4.69) is 33.8 Å². The Morgan fingerprint density at radius 2 is 1.32 bits per heavy atom. The number of carbonyl (C=O) groups is 3. The summed E-state index contributed by atoms with van der Waals surface area (Å²) in [6, 6.07) is 0. The highest BCUT2D eigenvalue weighted by atomic mass is 16.8. The molecule has 334 valence electrons. The average molecular weight is 841 g/mol. The van der Waals surface area contributed by atoms with E-state index >= 15 is 0 Å². The van der Waals surface area contributed by atoms with E-state index in [1.165, 1.54) is 5.57 Å². The number of carboxylic acids is 3. The molecule has 2 aliphatic heterocycles. The molecule has 0 radical (unpaired) electrons. The van der Waals surface area contributed by atoms with E-state index < -0.39 is 102 Å². The summed E-state index contributed by atoms with van der Waals surface area (Å²) in [5.74, 6) is -4.26. The fraction of sp³-hybridized carbons (Fsp3) is 0.881. The molecule has 0 aromatic heterocycles. The Bertz CT molecular complexity index is 1710. The van der Waals surface area contributed by atoms with Crippen molar-refractivity contribution < 1.29 is 84.4 Å². The van der Waals surface area contributed by atoms with E-state index in [0.717, 1.165) is 25.7 Å². The van der Waals surface area contributed by atoms with Gasteiger partial charge in [-0.05, 0) is 104 Å². The molecule has 7 rings (SSSR count). The van der Waals surface area contributed by atoms with Gasteiger partial charge in [0.2, 0.25) is 0 Å². The number of aliphatic hydroxyl groups is 7. The molecule has 21 atom stereocenters. The van der Waals surface area contributed by atoms with Crippen LogP contribution in [0.4, 0.5) is 0 Å². The second kappa shape index (κ2) is 14.9. The smallest absolute Gasteiger partial charge is 0.335 e. The van der Waals surface area contributed by atoms with Crippen molar-refractivity contribution in [2.24, 2.45) is 50.2 Å². The quantitative estimate of drug-likeness (QED) is 0.121. The van der Waals surface area contributed by atoms with E-state index in [1.54, 1.807) is 6.92 Å². The van der Waals surface area contributed by atoms with Gasteiger partial charge >= 0.3 is 17.9 Å². The highest BCUT2D eigenvalue weighted by Gasteiger charge is 2.70. The maximum Gasteiger partial charge on any atom is 0.335 e. The van der Waals surface area contributed by atoms with Crippen LogP contribution in [0.15, 0.2) is 11.6 Å². The van der Waals surface area contributed by atoms with Gasteiger partial charge in [0.1, 0.15) is 36.6 Å². The number of aliphatic hydroxyl groups excluding tert-OH is 7. The average Bonchev–Trinajstić information content (AvgIpc) is 3.16. The third-order valence-electron chi connectivity index (χ3n) is 17.7. The number of carboxylic acid groups (broad SMARTS) is 3. The molecule has 6 fully saturated rings. The summed E-state index contributed by atoms with van der Waals surface area (Å²) in [5, 5.41) is 106. The van der Waals surface area contributed by atoms with Gasteiger partial charge in [-0.25, -0.2) is 9.59 Å². The molecule has 17 heteroatoms. The molecule has 0 bridgehead atoms. The fourth-order valence-electron chi connectivity index (χ4n) is 13.6. The molecule has 7 aliphatic rings. The van der Waals surface area contributed by atoms with Crippen molar-refractivity contribution in [3.05, 3.63) is 11.6 Å². The molecule has 4 saturated carbocycles. The second-order valence-electron chi connectivity index (χ2n) is 20.6. The van der Waals surface area contributed by atoms with Gasteiger partial charge in [-0.15, -0.1) is 0 Å². The molecule has 0 aromatic rings. The lowest BCUT2D eigenvalue weighted by atomic mass is 9.33. The van der Waals surface area contributed by atoms with Crippen molar-refractivity contribution in [2.75, 3.05) is 6.61 Å². The van der Waals surface area contributed by atoms with Gasteiger partial charge in [-0.3, -0.25) is 4.79 Å². The van der Waals surface area contributed by atoms with Crippen molar-refractivity contribution in [3.8, 4) is 0 Å². The standard InChI is InChI=1S/C42H64O17/c1-37-13-14-41(5)18(19(37)15-39(3,36(54)55)22(44)16-37)7-8-21-38(2)11-10-23(40(4,17-43)20(38)9-12-42(21,41)6)56-35-31(27(48)26(47)30(58-35)33(52)53)59-34-28(49)24(45)25(46)29(57-34)32(50)51/h7,19-31,34-35,43-49H,8-17H2,1-6H3,(H,50,51)(H,52,53)(H,54,55). The minimum Gasteiger partial charge on any atom is -0.481 e. The lowest BCUT2D eigenvalue weighted by Gasteiger charge is -2.71. The van der Waals surface area contributed by atoms with Crippen LogP contribution in [0.2, 0.25) is 0 Å². The summed E-state index contributed by atoms with van der Waals surface area (Å²) in [6.07, 6.45) is -13.5. The number of allylic oxidation sites excluding steroid dienone is 2. The number of aliphatic carboxylic acids is 3. The zero-order chi connectivity index (χ0) is 43.6. The van der Waals surface area contributed by atoms with Crippen molar-refractivity contribution in [1.29, 1.82) is 0 Å². The van der Waals surface area contributed by atoms with Crippen molar-refractivity contribution in [3.63, 3.8) is 0 Å². The maximum atomic E-state index is 12.6. The van der Waals surface area contributed by atoms with E-state index in [9.17, 15) is 65.4 Å². The zero-order valence-corrected chi connectivity index (χ0v) is 34.6. The van der Waals surface area contributed by atoms with Crippen LogP contribution in [-0.4, -0.2) is 149 Å². The largest absolute Gasteiger partial charge is 0.481 e. The number of hydrogen-bond acceptors (Lipinski definition) is 14. The van der Waals surface area contributed by atoms with Crippen LogP contribution in [0.3, 0.4) is 0 Å². The van der Waals surface area contributed by atoms with Crippen LogP contribution >= 0.6 is 0 Å². The van der Waals surface area contributed by atoms with Gasteiger partial charge in [-0.1, -0.05) is 46.3 Å². The Balaban J connectivity index is 1.17. The van der Waals surface area contributed by atoms with Gasteiger partial charge in [0.05, 0.1) is 24.2 Å². The molecule has 17 nitrogen and oxygen atoms in total. The first-order valence-corrected chi connectivity index (χ1v) is 21.1. The minimum absolute atomic E-state index is 0.00137. The maximum absolute atomic E-state index is 12.6. The highest BCUT2D eigenvalue weighted by molar-refractivity contribution is 5.75. The summed E-state index contributed by atoms with van der Waals surface area (Å²) < 4.78 is 23.3. The summed E-state index contributed by atoms with van der Waals surface area (Å²) in [6.45, 7) is 12.4. The third-order valence-corrected chi connectivity index (χ3v) is 17.7. The number of rotatable bonds is 8. The first-order chi connectivity index (χ1) is 27.3. The number of ether oxygens (including phenoxy) is 4. The number of fused-ring (bicyclic) bond motifs is 7. The van der Waals surface area contributed by atoms with Crippen LogP contribution in [0.25, 0.3) is 0 Å². The van der Waals surface area contributed by atoms with Crippen LogP contribution in [-0.2, 0) is 33.3 Å². The summed E-state index contributed by atoms with van der Waals surface area (Å²) in [7, 11) is 0. The Hall–Kier alpha value is -2.29. The van der Waals surface area contributed by atoms with Crippen LogP contribution < -0.4 is 0 Å². The minimum atomic E-state index is -2.07. The van der Waals surface area contributed by atoms with Crippen LogP contribution in [0, 0.1) is 50.2 Å². The topological polar surface area (TPSA) is 290 Å². The van der Waals surface area contributed by atoms with Gasteiger partial charge < -0.3 is 70.0 Å². The SMILES string of the molecule is CC12CCC3(C)C(=CCC4C5(C)CCC(OC6OC(C(=O)O)C(O)C(O)C6OC6OC(C(=O)O)C(O)C(O)C6O)C(C)(CO)C5CCC43C)C1CC(C)(C(=O)O)C(O)C2. The fourth-order valence-corrected chi connectivity index (χ4v) is 13.6. The monoisotopic (exact) mass is 840 g/mol. The van der Waals surface area contributed by atoms with Crippen molar-refractivity contribution in [2.45, 2.75) is 173 Å². The van der Waals surface area contributed by atoms with E-state index in [-0.39, 0.29) is 46.0 Å². The molecule has 5 aliphatic carbocycles. The summed E-state index contributed by atoms with van der Waals surface area (Å²) in [5.41, 5.74) is -1.94. The van der Waals surface area contributed by atoms with Gasteiger partial charge in [0.25, 0.3) is 0 Å². The normalized spacial score (nSPS) is 54.7. The van der Waals surface area contributed by atoms with E-state index in [4.69, 9.17) is 18.9 Å². The van der Waals surface area contributed by atoms with Crippen LogP contribution in [0.5, 0.6) is 0 Å². The third kappa shape index (κ3) is 6.46. The lowest BCUT2D eigenvalue weighted by molar-refractivity contribution is -0.372. The van der Waals surface area contributed by atoms with Gasteiger partial charge in [-0.2, -0.15) is 0 Å². The van der Waals surface area contributed by atoms with E-state index in [0.29, 0.717) is 32.1 Å². The van der Waals surface area contributed by atoms with Gasteiger partial charge in [0, 0.05) is 5.41 Å². The molecular formula is C42H64O17. The molecular weight excluding hydrogens is 776 g/mol.